The van der Waals surface area contributed by atoms with Gasteiger partial charge < -0.3 is 20.0 Å². The van der Waals surface area contributed by atoms with E-state index in [1.165, 1.54) is 12.8 Å². The third kappa shape index (κ3) is 5.71. The Morgan fingerprint density at radius 2 is 2.13 bits per heavy atom. The van der Waals surface area contributed by atoms with Gasteiger partial charge in [-0.05, 0) is 31.4 Å². The first kappa shape index (κ1) is 18.1. The van der Waals surface area contributed by atoms with Crippen LogP contribution < -0.4 is 10.6 Å². The Morgan fingerprint density at radius 1 is 1.35 bits per heavy atom. The molecule has 2 N–H and O–H groups in total. The van der Waals surface area contributed by atoms with Crippen LogP contribution >= 0.6 is 24.0 Å². The highest BCUT2D eigenvalue weighted by Crippen LogP contribution is 2.18. The molecule has 0 spiro atoms. The van der Waals surface area contributed by atoms with Gasteiger partial charge in [0.1, 0.15) is 5.76 Å². The highest BCUT2D eigenvalue weighted by atomic mass is 127. The van der Waals surface area contributed by atoms with Crippen molar-refractivity contribution in [3.8, 4) is 0 Å². The molecule has 6 nitrogen and oxygen atoms in total. The summed E-state index contributed by atoms with van der Waals surface area (Å²) in [4.78, 5) is 18.0. The average Bonchev–Trinajstić information content (AvgIpc) is 3.15. The molecule has 1 saturated heterocycles. The van der Waals surface area contributed by atoms with E-state index in [9.17, 15) is 4.79 Å². The number of piperidine rings is 1. The number of furan rings is 1. The maximum atomic E-state index is 11.6. The normalized spacial score (nSPS) is 21.8. The molecule has 0 radical (unpaired) electrons. The van der Waals surface area contributed by atoms with E-state index in [1.54, 1.807) is 11.2 Å². The van der Waals surface area contributed by atoms with Crippen molar-refractivity contribution in [1.29, 1.82) is 0 Å². The molecule has 23 heavy (non-hydrogen) atoms. The zero-order valence-corrected chi connectivity index (χ0v) is 15.8. The Morgan fingerprint density at radius 3 is 2.78 bits per heavy atom. The highest BCUT2D eigenvalue weighted by molar-refractivity contribution is 14.0. The van der Waals surface area contributed by atoms with Crippen LogP contribution in [-0.2, 0) is 11.2 Å². The van der Waals surface area contributed by atoms with Gasteiger partial charge >= 0.3 is 0 Å². The van der Waals surface area contributed by atoms with E-state index >= 15 is 0 Å². The number of hydrogen-bond acceptors (Lipinski definition) is 3. The average molecular weight is 432 g/mol. The molecule has 1 aromatic heterocycles. The fourth-order valence-electron chi connectivity index (χ4n) is 2.61. The van der Waals surface area contributed by atoms with Crippen LogP contribution in [0.4, 0.5) is 0 Å². The topological polar surface area (TPSA) is 69.9 Å². The lowest BCUT2D eigenvalue weighted by Gasteiger charge is -2.31. The summed E-state index contributed by atoms with van der Waals surface area (Å²) in [6.45, 7) is 1.43. The number of hydrogen-bond donors (Lipinski definition) is 2. The molecule has 0 bridgehead atoms. The van der Waals surface area contributed by atoms with Gasteiger partial charge in [-0.25, -0.2) is 0 Å². The second-order valence-electron chi connectivity index (χ2n) is 6.13. The minimum Gasteiger partial charge on any atom is -0.469 e. The first-order valence-corrected chi connectivity index (χ1v) is 8.04. The Balaban J connectivity index is 0.00000192. The van der Waals surface area contributed by atoms with Gasteiger partial charge in [0.25, 0.3) is 0 Å². The molecule has 1 aromatic rings. The zero-order valence-electron chi connectivity index (χ0n) is 13.5. The molecule has 7 heteroatoms. The number of likely N-dealkylation sites (tertiary alicyclic amines) is 1. The summed E-state index contributed by atoms with van der Waals surface area (Å²) >= 11 is 0. The molecule has 1 saturated carbocycles. The van der Waals surface area contributed by atoms with Gasteiger partial charge in [-0.3, -0.25) is 9.79 Å². The predicted octanol–water partition coefficient (Wildman–Crippen LogP) is 1.76. The molecular weight excluding hydrogens is 407 g/mol. The van der Waals surface area contributed by atoms with Gasteiger partial charge in [-0.1, -0.05) is 0 Å². The van der Waals surface area contributed by atoms with Gasteiger partial charge in [-0.2, -0.15) is 0 Å². The van der Waals surface area contributed by atoms with Crippen molar-refractivity contribution in [3.63, 3.8) is 0 Å². The largest absolute Gasteiger partial charge is 0.469 e. The molecule has 3 rings (SSSR count). The Hall–Kier alpha value is -1.25. The summed E-state index contributed by atoms with van der Waals surface area (Å²) < 4.78 is 5.33. The number of guanidine groups is 1. The van der Waals surface area contributed by atoms with Crippen molar-refractivity contribution in [3.05, 3.63) is 24.2 Å². The van der Waals surface area contributed by atoms with E-state index in [0.29, 0.717) is 19.0 Å². The van der Waals surface area contributed by atoms with E-state index in [0.717, 1.165) is 31.1 Å². The second kappa shape index (κ2) is 8.56. The fourth-order valence-corrected chi connectivity index (χ4v) is 2.61. The molecular formula is C16H25IN4O2. The molecule has 0 aromatic carbocycles. The summed E-state index contributed by atoms with van der Waals surface area (Å²) in [6, 6.07) is 4.70. The number of aliphatic imine (C=N–C) groups is 1. The summed E-state index contributed by atoms with van der Waals surface area (Å²) in [6.07, 6.45) is 6.39. The SMILES string of the molecule is CN1CC(NC(=NCCc2ccco2)NC2CC2)CCC1=O.I. The summed E-state index contributed by atoms with van der Waals surface area (Å²) in [5.41, 5.74) is 0. The molecule has 1 amide bonds. The van der Waals surface area contributed by atoms with E-state index in [2.05, 4.69) is 15.6 Å². The van der Waals surface area contributed by atoms with Gasteiger partial charge in [0.05, 0.1) is 6.26 Å². The summed E-state index contributed by atoms with van der Waals surface area (Å²) in [5, 5.41) is 6.92. The monoisotopic (exact) mass is 432 g/mol. The predicted molar refractivity (Wildman–Crippen MR) is 100 cm³/mol. The van der Waals surface area contributed by atoms with Crippen LogP contribution in [0.25, 0.3) is 0 Å². The summed E-state index contributed by atoms with van der Waals surface area (Å²) in [7, 11) is 1.86. The van der Waals surface area contributed by atoms with Crippen LogP contribution in [0.1, 0.15) is 31.4 Å². The number of carbonyl (C=O) groups excluding carboxylic acids is 1. The number of nitrogens with zero attached hydrogens (tertiary/aromatic N) is 2. The minimum atomic E-state index is 0. The number of halogens is 1. The van der Waals surface area contributed by atoms with Gasteiger partial charge in [0, 0.05) is 45.1 Å². The Labute approximate surface area is 154 Å². The first-order chi connectivity index (χ1) is 10.7. The molecule has 1 aliphatic carbocycles. The first-order valence-electron chi connectivity index (χ1n) is 8.04. The van der Waals surface area contributed by atoms with Crippen LogP contribution in [0.3, 0.4) is 0 Å². The molecule has 128 valence electrons. The maximum Gasteiger partial charge on any atom is 0.222 e. The van der Waals surface area contributed by atoms with Crippen LogP contribution in [-0.4, -0.2) is 49.0 Å². The van der Waals surface area contributed by atoms with E-state index < -0.39 is 0 Å². The number of nitrogens with one attached hydrogen (secondary N) is 2. The van der Waals surface area contributed by atoms with Crippen LogP contribution in [0.15, 0.2) is 27.8 Å². The number of amides is 1. The van der Waals surface area contributed by atoms with Crippen LogP contribution in [0.2, 0.25) is 0 Å². The zero-order chi connectivity index (χ0) is 15.4. The molecule has 1 aliphatic heterocycles. The van der Waals surface area contributed by atoms with Gasteiger partial charge in [0.2, 0.25) is 5.91 Å². The fraction of sp³-hybridized carbons (Fsp3) is 0.625. The second-order valence-corrected chi connectivity index (χ2v) is 6.13. The molecule has 2 heterocycles. The lowest BCUT2D eigenvalue weighted by molar-refractivity contribution is -0.132. The summed E-state index contributed by atoms with van der Waals surface area (Å²) in [5.74, 6) is 2.05. The Kier molecular flexibility index (Phi) is 6.73. The molecule has 1 unspecified atom stereocenters. The van der Waals surface area contributed by atoms with Gasteiger partial charge in [0.15, 0.2) is 5.96 Å². The van der Waals surface area contributed by atoms with Crippen LogP contribution in [0, 0.1) is 0 Å². The Bertz CT molecular complexity index is 528. The third-order valence-corrected chi connectivity index (χ3v) is 4.09. The third-order valence-electron chi connectivity index (χ3n) is 4.09. The van der Waals surface area contributed by atoms with Crippen molar-refractivity contribution in [2.45, 2.75) is 44.2 Å². The van der Waals surface area contributed by atoms with Crippen molar-refractivity contribution in [2.75, 3.05) is 20.1 Å². The van der Waals surface area contributed by atoms with E-state index in [1.807, 2.05) is 19.2 Å². The molecule has 1 atom stereocenters. The van der Waals surface area contributed by atoms with Crippen molar-refractivity contribution in [1.82, 2.24) is 15.5 Å². The standard InChI is InChI=1S/C16H24N4O2.HI/c1-20-11-13(6-7-15(20)21)19-16(18-12-4-5-12)17-9-8-14-3-2-10-22-14;/h2-3,10,12-13H,4-9,11H2,1H3,(H2,17,18,19);1H. The smallest absolute Gasteiger partial charge is 0.222 e. The number of carbonyl (C=O) groups is 1. The van der Waals surface area contributed by atoms with E-state index in [4.69, 9.17) is 4.42 Å². The van der Waals surface area contributed by atoms with Gasteiger partial charge in [-0.15, -0.1) is 24.0 Å². The molecule has 2 aliphatic rings. The van der Waals surface area contributed by atoms with Crippen molar-refractivity contribution >= 4 is 35.8 Å². The molecule has 2 fully saturated rings. The number of rotatable bonds is 5. The van der Waals surface area contributed by atoms with E-state index in [-0.39, 0.29) is 35.9 Å². The maximum absolute atomic E-state index is 11.6. The lowest BCUT2D eigenvalue weighted by atomic mass is 10.1. The van der Waals surface area contributed by atoms with Crippen molar-refractivity contribution < 1.29 is 9.21 Å². The highest BCUT2D eigenvalue weighted by Gasteiger charge is 2.26. The van der Waals surface area contributed by atoms with Crippen LogP contribution in [0.5, 0.6) is 0 Å². The quantitative estimate of drug-likeness (QED) is 0.423. The number of likely N-dealkylation sites (N-methyl/N-ethyl adjacent to an activating group) is 1. The minimum absolute atomic E-state index is 0. The van der Waals surface area contributed by atoms with Crippen molar-refractivity contribution in [2.24, 2.45) is 4.99 Å². The lowest BCUT2D eigenvalue weighted by Crippen LogP contribution is -2.52.